The first-order valence-electron chi connectivity index (χ1n) is 8.05. The normalized spacial score (nSPS) is 30.1. The van der Waals surface area contributed by atoms with Crippen molar-refractivity contribution in [3.05, 3.63) is 0 Å². The number of hydrogen-bond acceptors (Lipinski definition) is 3. The Bertz CT molecular complexity index is 315. The van der Waals surface area contributed by atoms with Crippen molar-refractivity contribution in [2.75, 3.05) is 39.3 Å². The number of fused-ring (bicyclic) bond motifs is 1. The molecule has 1 atom stereocenters. The number of nitrogens with zero attached hydrogens (tertiary/aromatic N) is 2. The number of nitrogens with one attached hydrogen (secondary N) is 1. The maximum atomic E-state index is 12.4. The van der Waals surface area contributed by atoms with Gasteiger partial charge in [0.25, 0.3) is 0 Å². The molecule has 4 heteroatoms. The fraction of sp³-hybridized carbons (Fsp3) is 0.933. The summed E-state index contributed by atoms with van der Waals surface area (Å²) in [6.45, 7) is 6.48. The van der Waals surface area contributed by atoms with Crippen LogP contribution in [0, 0.1) is 5.92 Å². The zero-order valence-corrected chi connectivity index (χ0v) is 11.9. The van der Waals surface area contributed by atoms with Gasteiger partial charge in [-0.15, -0.1) is 0 Å². The first-order chi connectivity index (χ1) is 9.33. The third-order valence-electron chi connectivity index (χ3n) is 5.11. The summed E-state index contributed by atoms with van der Waals surface area (Å²) in [4.78, 5) is 17.2. The average Bonchev–Trinajstić information content (AvgIpc) is 2.48. The average molecular weight is 265 g/mol. The Morgan fingerprint density at radius 3 is 2.74 bits per heavy atom. The van der Waals surface area contributed by atoms with Gasteiger partial charge in [-0.2, -0.15) is 0 Å². The van der Waals surface area contributed by atoms with Gasteiger partial charge in [0.05, 0.1) is 0 Å². The predicted molar refractivity (Wildman–Crippen MR) is 76.0 cm³/mol. The Balaban J connectivity index is 1.49. The number of piperazine rings is 1. The molecule has 3 saturated heterocycles. The molecule has 0 aliphatic carbocycles. The van der Waals surface area contributed by atoms with Gasteiger partial charge in [0.15, 0.2) is 0 Å². The van der Waals surface area contributed by atoms with E-state index in [2.05, 4.69) is 15.1 Å². The lowest BCUT2D eigenvalue weighted by Gasteiger charge is -2.44. The van der Waals surface area contributed by atoms with Crippen LogP contribution in [0.3, 0.4) is 0 Å². The Kier molecular flexibility index (Phi) is 4.38. The van der Waals surface area contributed by atoms with Crippen LogP contribution >= 0.6 is 0 Å². The summed E-state index contributed by atoms with van der Waals surface area (Å²) in [5.41, 5.74) is 0. The Morgan fingerprint density at radius 2 is 1.89 bits per heavy atom. The van der Waals surface area contributed by atoms with E-state index >= 15 is 0 Å². The SMILES string of the molecule is O=C(CC1CCNCC1)N1CCN2CCCCC2C1. The van der Waals surface area contributed by atoms with E-state index in [1.54, 1.807) is 0 Å². The smallest absolute Gasteiger partial charge is 0.222 e. The van der Waals surface area contributed by atoms with Crippen molar-refractivity contribution in [1.82, 2.24) is 15.1 Å². The molecule has 0 bridgehead atoms. The van der Waals surface area contributed by atoms with Crippen molar-refractivity contribution in [1.29, 1.82) is 0 Å². The molecule has 0 aromatic rings. The second kappa shape index (κ2) is 6.23. The Hall–Kier alpha value is -0.610. The standard InChI is InChI=1S/C15H27N3O/c19-15(11-13-4-6-16-7-5-13)18-10-9-17-8-2-1-3-14(17)12-18/h13-14,16H,1-12H2. The molecule has 3 heterocycles. The second-order valence-corrected chi connectivity index (χ2v) is 6.42. The summed E-state index contributed by atoms with van der Waals surface area (Å²) in [7, 11) is 0. The Morgan fingerprint density at radius 1 is 1.05 bits per heavy atom. The predicted octanol–water partition coefficient (Wildman–Crippen LogP) is 1.07. The lowest BCUT2D eigenvalue weighted by atomic mass is 9.93. The van der Waals surface area contributed by atoms with Crippen LogP contribution in [0.1, 0.15) is 38.5 Å². The van der Waals surface area contributed by atoms with Crippen LogP contribution in [0.2, 0.25) is 0 Å². The van der Waals surface area contributed by atoms with Gasteiger partial charge in [-0.25, -0.2) is 0 Å². The van der Waals surface area contributed by atoms with Gasteiger partial charge in [0, 0.05) is 32.1 Å². The fourth-order valence-electron chi connectivity index (χ4n) is 3.84. The van der Waals surface area contributed by atoms with Gasteiger partial charge in [-0.3, -0.25) is 9.69 Å². The molecule has 0 saturated carbocycles. The van der Waals surface area contributed by atoms with E-state index < -0.39 is 0 Å². The highest BCUT2D eigenvalue weighted by atomic mass is 16.2. The van der Waals surface area contributed by atoms with E-state index in [0.29, 0.717) is 17.9 Å². The molecule has 0 spiro atoms. The van der Waals surface area contributed by atoms with Crippen LogP contribution in [0.4, 0.5) is 0 Å². The van der Waals surface area contributed by atoms with Gasteiger partial charge in [0.1, 0.15) is 0 Å². The maximum absolute atomic E-state index is 12.4. The van der Waals surface area contributed by atoms with Crippen molar-refractivity contribution in [3.8, 4) is 0 Å². The quantitative estimate of drug-likeness (QED) is 0.811. The van der Waals surface area contributed by atoms with Crippen LogP contribution in [0.15, 0.2) is 0 Å². The molecule has 1 unspecified atom stereocenters. The molecule has 4 nitrogen and oxygen atoms in total. The van der Waals surface area contributed by atoms with Crippen LogP contribution < -0.4 is 5.32 Å². The summed E-state index contributed by atoms with van der Waals surface area (Å²) >= 11 is 0. The highest BCUT2D eigenvalue weighted by Gasteiger charge is 2.31. The van der Waals surface area contributed by atoms with Crippen LogP contribution in [0.5, 0.6) is 0 Å². The van der Waals surface area contributed by atoms with Gasteiger partial charge in [-0.05, 0) is 51.2 Å². The van der Waals surface area contributed by atoms with Gasteiger partial charge in [0.2, 0.25) is 5.91 Å². The summed E-state index contributed by atoms with van der Waals surface area (Å²) in [5, 5.41) is 3.37. The van der Waals surface area contributed by atoms with Crippen LogP contribution in [0.25, 0.3) is 0 Å². The molecule has 0 radical (unpaired) electrons. The second-order valence-electron chi connectivity index (χ2n) is 6.42. The molecule has 3 fully saturated rings. The van der Waals surface area contributed by atoms with Crippen molar-refractivity contribution < 1.29 is 4.79 Å². The molecule has 0 aromatic heterocycles. The largest absolute Gasteiger partial charge is 0.340 e. The monoisotopic (exact) mass is 265 g/mol. The fourth-order valence-corrected chi connectivity index (χ4v) is 3.84. The summed E-state index contributed by atoms with van der Waals surface area (Å²) in [6, 6.07) is 0.652. The van der Waals surface area contributed by atoms with Gasteiger partial charge < -0.3 is 10.2 Å². The topological polar surface area (TPSA) is 35.6 Å². The summed E-state index contributed by atoms with van der Waals surface area (Å²) in [5.74, 6) is 1.04. The number of rotatable bonds is 2. The number of hydrogen-bond donors (Lipinski definition) is 1. The molecule has 3 aliphatic heterocycles. The van der Waals surface area contributed by atoms with Crippen molar-refractivity contribution in [3.63, 3.8) is 0 Å². The summed E-state index contributed by atoms with van der Waals surface area (Å²) < 4.78 is 0. The minimum absolute atomic E-state index is 0.414. The third kappa shape index (κ3) is 3.29. The van der Waals surface area contributed by atoms with Crippen LogP contribution in [-0.4, -0.2) is 61.0 Å². The molecule has 1 amide bonds. The van der Waals surface area contributed by atoms with Crippen molar-refractivity contribution >= 4 is 5.91 Å². The van der Waals surface area contributed by atoms with E-state index in [9.17, 15) is 4.79 Å². The van der Waals surface area contributed by atoms with E-state index in [0.717, 1.165) is 39.1 Å². The molecule has 3 rings (SSSR count). The minimum atomic E-state index is 0.414. The molecule has 108 valence electrons. The van der Waals surface area contributed by atoms with Crippen LogP contribution in [-0.2, 0) is 4.79 Å². The number of amides is 1. The van der Waals surface area contributed by atoms with Gasteiger partial charge in [-0.1, -0.05) is 6.42 Å². The zero-order chi connectivity index (χ0) is 13.1. The van der Waals surface area contributed by atoms with E-state index in [1.807, 2.05) is 0 Å². The van der Waals surface area contributed by atoms with E-state index in [1.165, 1.54) is 38.6 Å². The third-order valence-corrected chi connectivity index (χ3v) is 5.11. The lowest BCUT2D eigenvalue weighted by molar-refractivity contribution is -0.136. The first kappa shape index (κ1) is 13.4. The molecule has 3 aliphatic rings. The number of carbonyl (C=O) groups excluding carboxylic acids is 1. The number of carbonyl (C=O) groups is 1. The zero-order valence-electron chi connectivity index (χ0n) is 11.9. The van der Waals surface area contributed by atoms with Gasteiger partial charge >= 0.3 is 0 Å². The van der Waals surface area contributed by atoms with E-state index in [4.69, 9.17) is 0 Å². The first-order valence-corrected chi connectivity index (χ1v) is 8.05. The molecule has 19 heavy (non-hydrogen) atoms. The Labute approximate surface area is 116 Å². The highest BCUT2D eigenvalue weighted by Crippen LogP contribution is 2.23. The molecular weight excluding hydrogens is 238 g/mol. The lowest BCUT2D eigenvalue weighted by Crippen LogP contribution is -2.56. The molecule has 0 aromatic carbocycles. The van der Waals surface area contributed by atoms with E-state index in [-0.39, 0.29) is 0 Å². The minimum Gasteiger partial charge on any atom is -0.340 e. The highest BCUT2D eigenvalue weighted by molar-refractivity contribution is 5.76. The van der Waals surface area contributed by atoms with Crippen molar-refractivity contribution in [2.24, 2.45) is 5.92 Å². The van der Waals surface area contributed by atoms with Crippen molar-refractivity contribution in [2.45, 2.75) is 44.6 Å². The summed E-state index contributed by atoms with van der Waals surface area (Å²) in [6.07, 6.45) is 7.12. The molecule has 1 N–H and O–H groups in total. The maximum Gasteiger partial charge on any atom is 0.222 e. The molecular formula is C15H27N3O. The number of piperidine rings is 2.